The first kappa shape index (κ1) is 19.2. The van der Waals surface area contributed by atoms with E-state index in [1.165, 1.54) is 6.07 Å². The Morgan fingerprint density at radius 1 is 1.07 bits per heavy atom. The average molecular weight is 407 g/mol. The third-order valence-electron chi connectivity index (χ3n) is 5.02. The van der Waals surface area contributed by atoms with Crippen molar-refractivity contribution in [1.29, 1.82) is 0 Å². The van der Waals surface area contributed by atoms with Crippen LogP contribution in [-0.2, 0) is 6.54 Å². The number of rotatable bonds is 5. The number of fused-ring (bicyclic) bond motifs is 1. The minimum absolute atomic E-state index is 0.0798. The van der Waals surface area contributed by atoms with Gasteiger partial charge in [0.1, 0.15) is 5.82 Å². The Labute approximate surface area is 173 Å². The molecule has 1 N–H and O–H groups in total. The van der Waals surface area contributed by atoms with Crippen molar-refractivity contribution in [3.63, 3.8) is 0 Å². The Bertz CT molecular complexity index is 1170. The largest absolute Gasteiger partial charge is 0.346 e. The van der Waals surface area contributed by atoms with E-state index < -0.39 is 5.82 Å². The van der Waals surface area contributed by atoms with E-state index in [0.717, 1.165) is 22.0 Å². The lowest BCUT2D eigenvalue weighted by Crippen LogP contribution is -2.26. The highest BCUT2D eigenvalue weighted by atomic mass is 35.5. The molecular weight excluding hydrogens is 387 g/mol. The Morgan fingerprint density at radius 3 is 2.62 bits per heavy atom. The number of nitrogens with one attached hydrogen (secondary N) is 1. The molecule has 0 bridgehead atoms. The molecule has 1 atom stereocenters. The summed E-state index contributed by atoms with van der Waals surface area (Å²) in [7, 11) is 0. The molecule has 5 heteroatoms. The molecule has 0 fully saturated rings. The van der Waals surface area contributed by atoms with Crippen LogP contribution >= 0.6 is 11.6 Å². The maximum absolute atomic E-state index is 13.7. The summed E-state index contributed by atoms with van der Waals surface area (Å²) in [5.41, 5.74) is 3.47. The molecule has 1 aromatic heterocycles. The van der Waals surface area contributed by atoms with Gasteiger partial charge in [-0.25, -0.2) is 4.39 Å². The van der Waals surface area contributed by atoms with Gasteiger partial charge in [0, 0.05) is 29.2 Å². The van der Waals surface area contributed by atoms with E-state index in [4.69, 9.17) is 11.6 Å². The molecule has 3 aromatic carbocycles. The minimum Gasteiger partial charge on any atom is -0.346 e. The van der Waals surface area contributed by atoms with Gasteiger partial charge in [0.15, 0.2) is 0 Å². The first-order chi connectivity index (χ1) is 14.0. The van der Waals surface area contributed by atoms with Crippen LogP contribution in [0.3, 0.4) is 0 Å². The summed E-state index contributed by atoms with van der Waals surface area (Å²) in [6.45, 7) is 2.49. The summed E-state index contributed by atoms with van der Waals surface area (Å²) in [5, 5.41) is 4.11. The van der Waals surface area contributed by atoms with E-state index >= 15 is 0 Å². The standard InChI is InChI=1S/C24H20ClFN2O/c1-16(18-5-3-2-4-6-18)27-24(29)20-8-10-23-19(14-20)11-12-28(23)15-17-7-9-21(25)22(26)13-17/h2-14,16H,15H2,1H3,(H,27,29)/t16-/m1/s1. The lowest BCUT2D eigenvalue weighted by molar-refractivity contribution is 0.0940. The molecule has 0 unspecified atom stereocenters. The smallest absolute Gasteiger partial charge is 0.251 e. The molecule has 0 spiro atoms. The summed E-state index contributed by atoms with van der Waals surface area (Å²) in [6, 6.07) is 22.2. The number of amides is 1. The molecule has 1 amide bonds. The van der Waals surface area contributed by atoms with Crippen molar-refractivity contribution in [1.82, 2.24) is 9.88 Å². The summed E-state index contributed by atoms with van der Waals surface area (Å²) >= 11 is 5.76. The minimum atomic E-state index is -0.424. The molecule has 0 saturated heterocycles. The van der Waals surface area contributed by atoms with Crippen LogP contribution in [0.15, 0.2) is 79.0 Å². The fourth-order valence-corrected chi connectivity index (χ4v) is 3.54. The molecule has 1 heterocycles. The van der Waals surface area contributed by atoms with Gasteiger partial charge in [-0.15, -0.1) is 0 Å². The van der Waals surface area contributed by atoms with Crippen LogP contribution in [0.1, 0.15) is 34.5 Å². The number of benzene rings is 3. The molecule has 3 nitrogen and oxygen atoms in total. The van der Waals surface area contributed by atoms with E-state index in [2.05, 4.69) is 5.32 Å². The monoisotopic (exact) mass is 406 g/mol. The number of carbonyl (C=O) groups is 1. The number of aromatic nitrogens is 1. The van der Waals surface area contributed by atoms with Crippen molar-refractivity contribution in [3.05, 3.63) is 107 Å². The van der Waals surface area contributed by atoms with Gasteiger partial charge in [0.05, 0.1) is 11.1 Å². The number of hydrogen-bond donors (Lipinski definition) is 1. The van der Waals surface area contributed by atoms with Gasteiger partial charge < -0.3 is 9.88 Å². The predicted molar refractivity (Wildman–Crippen MR) is 115 cm³/mol. The first-order valence-corrected chi connectivity index (χ1v) is 9.78. The second-order valence-electron chi connectivity index (χ2n) is 7.07. The zero-order valence-electron chi connectivity index (χ0n) is 15.9. The summed E-state index contributed by atoms with van der Waals surface area (Å²) < 4.78 is 15.7. The fourth-order valence-electron chi connectivity index (χ4n) is 3.42. The molecule has 4 rings (SSSR count). The van der Waals surface area contributed by atoms with E-state index in [1.54, 1.807) is 6.07 Å². The van der Waals surface area contributed by atoms with Crippen molar-refractivity contribution in [2.45, 2.75) is 19.5 Å². The van der Waals surface area contributed by atoms with E-state index in [0.29, 0.717) is 12.1 Å². The second kappa shape index (κ2) is 8.10. The van der Waals surface area contributed by atoms with Gasteiger partial charge in [-0.1, -0.05) is 48.0 Å². The third-order valence-corrected chi connectivity index (χ3v) is 5.32. The quantitative estimate of drug-likeness (QED) is 0.435. The van der Waals surface area contributed by atoms with E-state index in [1.807, 2.05) is 78.4 Å². The zero-order chi connectivity index (χ0) is 20.4. The maximum atomic E-state index is 13.7. The van der Waals surface area contributed by atoms with E-state index in [-0.39, 0.29) is 17.0 Å². The first-order valence-electron chi connectivity index (χ1n) is 9.40. The van der Waals surface area contributed by atoms with Crippen molar-refractivity contribution < 1.29 is 9.18 Å². The Balaban J connectivity index is 1.53. The Hall–Kier alpha value is -3.11. The zero-order valence-corrected chi connectivity index (χ0v) is 16.7. The van der Waals surface area contributed by atoms with Crippen LogP contribution in [0.5, 0.6) is 0 Å². The molecule has 0 aliphatic rings. The predicted octanol–water partition coefficient (Wildman–Crippen LogP) is 5.97. The van der Waals surface area contributed by atoms with Gasteiger partial charge in [0.2, 0.25) is 0 Å². The van der Waals surface area contributed by atoms with Crippen molar-refractivity contribution in [3.8, 4) is 0 Å². The Kier molecular flexibility index (Phi) is 5.36. The summed E-state index contributed by atoms with van der Waals surface area (Å²) in [6.07, 6.45) is 1.94. The van der Waals surface area contributed by atoms with Crippen LogP contribution in [0, 0.1) is 5.82 Å². The molecule has 4 aromatic rings. The van der Waals surface area contributed by atoms with Crippen LogP contribution in [-0.4, -0.2) is 10.5 Å². The number of nitrogens with zero attached hydrogens (tertiary/aromatic N) is 1. The van der Waals surface area contributed by atoms with Crippen LogP contribution < -0.4 is 5.32 Å². The highest BCUT2D eigenvalue weighted by molar-refractivity contribution is 6.30. The van der Waals surface area contributed by atoms with Gasteiger partial charge in [0.25, 0.3) is 5.91 Å². The lowest BCUT2D eigenvalue weighted by atomic mass is 10.1. The van der Waals surface area contributed by atoms with Gasteiger partial charge in [-0.2, -0.15) is 0 Å². The molecular formula is C24H20ClFN2O. The van der Waals surface area contributed by atoms with Gasteiger partial charge >= 0.3 is 0 Å². The average Bonchev–Trinajstić information content (AvgIpc) is 3.13. The highest BCUT2D eigenvalue weighted by Gasteiger charge is 2.13. The molecule has 0 aliphatic carbocycles. The molecule has 0 saturated carbocycles. The van der Waals surface area contributed by atoms with Crippen molar-refractivity contribution >= 4 is 28.4 Å². The summed E-state index contributed by atoms with van der Waals surface area (Å²) in [4.78, 5) is 12.7. The summed E-state index contributed by atoms with van der Waals surface area (Å²) in [5.74, 6) is -0.539. The number of halogens is 2. The maximum Gasteiger partial charge on any atom is 0.251 e. The fraction of sp³-hybridized carbons (Fsp3) is 0.125. The second-order valence-corrected chi connectivity index (χ2v) is 7.48. The lowest BCUT2D eigenvalue weighted by Gasteiger charge is -2.14. The topological polar surface area (TPSA) is 34.0 Å². The van der Waals surface area contributed by atoms with Crippen LogP contribution in [0.4, 0.5) is 4.39 Å². The molecule has 146 valence electrons. The SMILES string of the molecule is C[C@@H](NC(=O)c1ccc2c(ccn2Cc2ccc(Cl)c(F)c2)c1)c1ccccc1. The van der Waals surface area contributed by atoms with Crippen molar-refractivity contribution in [2.24, 2.45) is 0 Å². The van der Waals surface area contributed by atoms with Gasteiger partial charge in [-0.05, 0) is 54.4 Å². The number of hydrogen-bond acceptors (Lipinski definition) is 1. The molecule has 29 heavy (non-hydrogen) atoms. The molecule has 0 radical (unpaired) electrons. The highest BCUT2D eigenvalue weighted by Crippen LogP contribution is 2.22. The Morgan fingerprint density at radius 2 is 1.86 bits per heavy atom. The van der Waals surface area contributed by atoms with E-state index in [9.17, 15) is 9.18 Å². The molecule has 0 aliphatic heterocycles. The number of carbonyl (C=O) groups excluding carboxylic acids is 1. The van der Waals surface area contributed by atoms with Crippen LogP contribution in [0.25, 0.3) is 10.9 Å². The normalized spacial score (nSPS) is 12.1. The van der Waals surface area contributed by atoms with Crippen LogP contribution in [0.2, 0.25) is 5.02 Å². The van der Waals surface area contributed by atoms with Gasteiger partial charge in [-0.3, -0.25) is 4.79 Å². The van der Waals surface area contributed by atoms with Crippen molar-refractivity contribution in [2.75, 3.05) is 0 Å². The third kappa shape index (κ3) is 4.17.